The molecule has 0 aromatic carbocycles. The van der Waals surface area contributed by atoms with E-state index in [0.717, 1.165) is 12.3 Å². The molecule has 0 saturated carbocycles. The molecule has 0 fully saturated rings. The predicted molar refractivity (Wildman–Crippen MR) is 45.9 cm³/mol. The fourth-order valence-electron chi connectivity index (χ4n) is 0.727. The minimum absolute atomic E-state index is 0.403. The van der Waals surface area contributed by atoms with Gasteiger partial charge in [-0.3, -0.25) is 0 Å². The first-order valence-electron chi connectivity index (χ1n) is 3.58. The third-order valence-corrected chi connectivity index (χ3v) is 2.07. The summed E-state index contributed by atoms with van der Waals surface area (Å²) < 4.78 is 0. The Morgan fingerprint density at radius 1 is 1.56 bits per heavy atom. The minimum Gasteiger partial charge on any atom is -0.329 e. The second-order valence-corrected chi connectivity index (χ2v) is 3.37. The van der Waals surface area contributed by atoms with Crippen LogP contribution in [0.1, 0.15) is 26.7 Å². The summed E-state index contributed by atoms with van der Waals surface area (Å²) in [5.74, 6) is 0.774. The number of hydrogen-bond acceptors (Lipinski definition) is 2. The van der Waals surface area contributed by atoms with Crippen LogP contribution < -0.4 is 5.73 Å². The second kappa shape index (κ2) is 5.12. The Bertz CT molecular complexity index is 57.9. The van der Waals surface area contributed by atoms with Crippen molar-refractivity contribution < 1.29 is 0 Å². The Balaban J connectivity index is 3.22. The van der Waals surface area contributed by atoms with E-state index in [0.29, 0.717) is 11.8 Å². The van der Waals surface area contributed by atoms with Gasteiger partial charge in [-0.25, -0.2) is 0 Å². The zero-order valence-electron chi connectivity index (χ0n) is 6.30. The van der Waals surface area contributed by atoms with Crippen LogP contribution in [-0.2, 0) is 0 Å². The van der Waals surface area contributed by atoms with Crippen LogP contribution in [0.15, 0.2) is 0 Å². The van der Waals surface area contributed by atoms with Crippen molar-refractivity contribution in [2.75, 3.05) is 6.54 Å². The maximum Gasteiger partial charge on any atom is 0.0142 e. The first kappa shape index (κ1) is 9.31. The molecule has 0 aliphatic rings. The van der Waals surface area contributed by atoms with Crippen LogP contribution in [0.25, 0.3) is 0 Å². The highest BCUT2D eigenvalue weighted by Crippen LogP contribution is 2.12. The van der Waals surface area contributed by atoms with Crippen LogP contribution in [0.3, 0.4) is 0 Å². The molecule has 2 heteroatoms. The molecule has 0 saturated heterocycles. The van der Waals surface area contributed by atoms with E-state index in [4.69, 9.17) is 5.73 Å². The average molecular weight is 147 g/mol. The van der Waals surface area contributed by atoms with Gasteiger partial charge in [-0.15, -0.1) is 0 Å². The lowest BCUT2D eigenvalue weighted by Crippen LogP contribution is -2.16. The van der Waals surface area contributed by atoms with E-state index >= 15 is 0 Å². The highest BCUT2D eigenvalue weighted by Gasteiger charge is 2.04. The Kier molecular flexibility index (Phi) is 5.30. The maximum absolute atomic E-state index is 5.40. The van der Waals surface area contributed by atoms with Crippen molar-refractivity contribution >= 4 is 12.6 Å². The smallest absolute Gasteiger partial charge is 0.0142 e. The van der Waals surface area contributed by atoms with Crippen LogP contribution in [0, 0.1) is 5.92 Å². The Labute approximate surface area is 63.4 Å². The van der Waals surface area contributed by atoms with Crippen molar-refractivity contribution in [3.63, 3.8) is 0 Å². The largest absolute Gasteiger partial charge is 0.329 e. The molecule has 0 aromatic rings. The Morgan fingerprint density at radius 3 is 2.44 bits per heavy atom. The molecule has 0 bridgehead atoms. The van der Waals surface area contributed by atoms with E-state index in [1.165, 1.54) is 6.42 Å². The lowest BCUT2D eigenvalue weighted by atomic mass is 10.0. The van der Waals surface area contributed by atoms with Crippen molar-refractivity contribution in [1.82, 2.24) is 0 Å². The molecule has 56 valence electrons. The zero-order chi connectivity index (χ0) is 7.28. The van der Waals surface area contributed by atoms with Gasteiger partial charge in [-0.1, -0.05) is 20.3 Å². The molecule has 9 heavy (non-hydrogen) atoms. The third kappa shape index (κ3) is 4.79. The van der Waals surface area contributed by atoms with E-state index in [1.54, 1.807) is 0 Å². The summed E-state index contributed by atoms with van der Waals surface area (Å²) in [4.78, 5) is 0. The van der Waals surface area contributed by atoms with Crippen LogP contribution in [0.2, 0.25) is 0 Å². The molecular weight excluding hydrogens is 130 g/mol. The highest BCUT2D eigenvalue weighted by molar-refractivity contribution is 7.81. The van der Waals surface area contributed by atoms with Gasteiger partial charge in [-0.05, 0) is 12.3 Å². The number of nitrogens with two attached hydrogens (primary N) is 1. The molecule has 0 amide bonds. The topological polar surface area (TPSA) is 26.0 Å². The van der Waals surface area contributed by atoms with Gasteiger partial charge in [0.2, 0.25) is 0 Å². The molecule has 2 atom stereocenters. The summed E-state index contributed by atoms with van der Waals surface area (Å²) >= 11 is 4.30. The molecule has 0 spiro atoms. The fraction of sp³-hybridized carbons (Fsp3) is 1.00. The second-order valence-electron chi connectivity index (χ2n) is 2.64. The molecule has 0 radical (unpaired) electrons. The molecule has 0 aliphatic heterocycles. The standard InChI is InChI=1S/C7H17NS/c1-3-6(2)4-7(9)5-8/h6-7,9H,3-5,8H2,1-2H3. The number of rotatable bonds is 4. The first-order chi connectivity index (χ1) is 4.20. The van der Waals surface area contributed by atoms with Gasteiger partial charge in [0.1, 0.15) is 0 Å². The lowest BCUT2D eigenvalue weighted by Gasteiger charge is -2.11. The van der Waals surface area contributed by atoms with Crippen molar-refractivity contribution in [2.45, 2.75) is 31.9 Å². The average Bonchev–Trinajstić information content (AvgIpc) is 1.87. The van der Waals surface area contributed by atoms with Crippen molar-refractivity contribution in [1.29, 1.82) is 0 Å². The molecule has 0 heterocycles. The summed E-state index contributed by atoms with van der Waals surface area (Å²) in [5, 5.41) is 0.403. The van der Waals surface area contributed by atoms with E-state index in [9.17, 15) is 0 Å². The van der Waals surface area contributed by atoms with Gasteiger partial charge >= 0.3 is 0 Å². The van der Waals surface area contributed by atoms with Gasteiger partial charge in [-0.2, -0.15) is 12.6 Å². The normalized spacial score (nSPS) is 17.3. The van der Waals surface area contributed by atoms with E-state index < -0.39 is 0 Å². The van der Waals surface area contributed by atoms with Gasteiger partial charge in [0.05, 0.1) is 0 Å². The summed E-state index contributed by atoms with van der Waals surface area (Å²) in [6, 6.07) is 0. The van der Waals surface area contributed by atoms with E-state index in [2.05, 4.69) is 26.5 Å². The summed E-state index contributed by atoms with van der Waals surface area (Å²) in [6.07, 6.45) is 2.38. The molecule has 0 aliphatic carbocycles. The van der Waals surface area contributed by atoms with Crippen molar-refractivity contribution in [3.8, 4) is 0 Å². The van der Waals surface area contributed by atoms with Crippen LogP contribution in [0.5, 0.6) is 0 Å². The van der Waals surface area contributed by atoms with E-state index in [-0.39, 0.29) is 0 Å². The van der Waals surface area contributed by atoms with Gasteiger partial charge in [0.15, 0.2) is 0 Å². The van der Waals surface area contributed by atoms with Crippen molar-refractivity contribution in [2.24, 2.45) is 11.7 Å². The monoisotopic (exact) mass is 147 g/mol. The molecule has 2 N–H and O–H groups in total. The Morgan fingerprint density at radius 2 is 2.11 bits per heavy atom. The van der Waals surface area contributed by atoms with Crippen molar-refractivity contribution in [3.05, 3.63) is 0 Å². The molecular formula is C7H17NS. The molecule has 0 aromatic heterocycles. The zero-order valence-corrected chi connectivity index (χ0v) is 7.20. The summed E-state index contributed by atoms with van der Waals surface area (Å²) in [5.41, 5.74) is 5.40. The predicted octanol–water partition coefficient (Wildman–Crippen LogP) is 1.68. The molecule has 2 unspecified atom stereocenters. The van der Waals surface area contributed by atoms with Crippen LogP contribution in [0.4, 0.5) is 0 Å². The molecule has 1 nitrogen and oxygen atoms in total. The van der Waals surface area contributed by atoms with Crippen LogP contribution in [-0.4, -0.2) is 11.8 Å². The van der Waals surface area contributed by atoms with Gasteiger partial charge in [0, 0.05) is 11.8 Å². The van der Waals surface area contributed by atoms with Crippen LogP contribution >= 0.6 is 12.6 Å². The lowest BCUT2D eigenvalue weighted by molar-refractivity contribution is 0.508. The molecule has 0 rings (SSSR count). The minimum atomic E-state index is 0.403. The first-order valence-corrected chi connectivity index (χ1v) is 4.10. The third-order valence-electron chi connectivity index (χ3n) is 1.64. The number of thiol groups is 1. The quantitative estimate of drug-likeness (QED) is 0.581. The van der Waals surface area contributed by atoms with E-state index in [1.807, 2.05) is 0 Å². The maximum atomic E-state index is 5.40. The van der Waals surface area contributed by atoms with Gasteiger partial charge in [0.25, 0.3) is 0 Å². The summed E-state index contributed by atoms with van der Waals surface area (Å²) in [6.45, 7) is 5.13. The SMILES string of the molecule is CCC(C)CC(S)CN. The van der Waals surface area contributed by atoms with Gasteiger partial charge < -0.3 is 5.73 Å². The Hall–Kier alpha value is 0.310. The number of hydrogen-bond donors (Lipinski definition) is 2. The highest BCUT2D eigenvalue weighted by atomic mass is 32.1. The summed E-state index contributed by atoms with van der Waals surface area (Å²) in [7, 11) is 0. The fourth-order valence-corrected chi connectivity index (χ4v) is 1.09.